The van der Waals surface area contributed by atoms with Crippen LogP contribution in [0.25, 0.3) is 0 Å². The summed E-state index contributed by atoms with van der Waals surface area (Å²) in [5.41, 5.74) is 4.08. The van der Waals surface area contributed by atoms with E-state index in [-0.39, 0.29) is 12.0 Å². The molecule has 0 saturated heterocycles. The molecule has 31 heavy (non-hydrogen) atoms. The van der Waals surface area contributed by atoms with Gasteiger partial charge in [-0.1, -0.05) is 24.6 Å². The number of carbonyl (C=O) groups is 1. The number of carbonyl (C=O) groups excluding carboxylic acids is 1. The first-order valence-electron chi connectivity index (χ1n) is 10.7. The highest BCUT2D eigenvalue weighted by atomic mass is 16.5. The molecule has 2 aromatic carbocycles. The second-order valence-electron chi connectivity index (χ2n) is 7.71. The van der Waals surface area contributed by atoms with Crippen LogP contribution in [0.1, 0.15) is 47.6 Å². The van der Waals surface area contributed by atoms with Crippen molar-refractivity contribution in [3.63, 3.8) is 0 Å². The van der Waals surface area contributed by atoms with Gasteiger partial charge in [0, 0.05) is 24.4 Å². The SMILES string of the molecule is CCCOC(C)Cc1ccc(C(=O)Nc2ccc(Oc3ccc(C)cc3)cc2)c(C)n1. The summed E-state index contributed by atoms with van der Waals surface area (Å²) in [6.07, 6.45) is 1.83. The number of ether oxygens (including phenoxy) is 2. The fourth-order valence-electron chi connectivity index (χ4n) is 3.19. The number of nitrogens with one attached hydrogen (secondary N) is 1. The van der Waals surface area contributed by atoms with Gasteiger partial charge in [0.1, 0.15) is 11.5 Å². The molecule has 0 fully saturated rings. The van der Waals surface area contributed by atoms with Crippen molar-refractivity contribution < 1.29 is 14.3 Å². The average Bonchev–Trinajstić information content (AvgIpc) is 2.75. The molecule has 0 radical (unpaired) electrons. The number of aryl methyl sites for hydroxylation is 2. The Morgan fingerprint density at radius 2 is 1.61 bits per heavy atom. The molecule has 1 amide bonds. The predicted octanol–water partition coefficient (Wildman–Crippen LogP) is 6.10. The molecule has 1 aromatic heterocycles. The van der Waals surface area contributed by atoms with Crippen molar-refractivity contribution in [2.45, 2.75) is 46.6 Å². The Labute approximate surface area is 184 Å². The van der Waals surface area contributed by atoms with E-state index in [9.17, 15) is 4.79 Å². The molecule has 1 atom stereocenters. The maximum atomic E-state index is 12.7. The van der Waals surface area contributed by atoms with Gasteiger partial charge >= 0.3 is 0 Å². The van der Waals surface area contributed by atoms with E-state index in [0.29, 0.717) is 22.7 Å². The normalized spacial score (nSPS) is 11.7. The van der Waals surface area contributed by atoms with Crippen molar-refractivity contribution in [3.05, 3.63) is 83.2 Å². The lowest BCUT2D eigenvalue weighted by Crippen LogP contribution is -2.16. The lowest BCUT2D eigenvalue weighted by Gasteiger charge is -2.13. The Balaban J connectivity index is 1.59. The number of benzene rings is 2. The third-order valence-corrected chi connectivity index (χ3v) is 4.86. The number of rotatable bonds is 9. The highest BCUT2D eigenvalue weighted by molar-refractivity contribution is 6.05. The number of hydrogen-bond acceptors (Lipinski definition) is 4. The minimum Gasteiger partial charge on any atom is -0.457 e. The van der Waals surface area contributed by atoms with E-state index in [0.717, 1.165) is 30.9 Å². The van der Waals surface area contributed by atoms with Gasteiger partial charge < -0.3 is 14.8 Å². The van der Waals surface area contributed by atoms with Gasteiger partial charge in [0.2, 0.25) is 0 Å². The Morgan fingerprint density at radius 1 is 0.968 bits per heavy atom. The Morgan fingerprint density at radius 3 is 2.23 bits per heavy atom. The number of nitrogens with zero attached hydrogens (tertiary/aromatic N) is 1. The molecule has 0 saturated carbocycles. The summed E-state index contributed by atoms with van der Waals surface area (Å²) < 4.78 is 11.5. The van der Waals surface area contributed by atoms with E-state index in [1.807, 2.05) is 81.4 Å². The molecule has 0 spiro atoms. The minimum absolute atomic E-state index is 0.104. The highest BCUT2D eigenvalue weighted by Gasteiger charge is 2.13. The van der Waals surface area contributed by atoms with Crippen LogP contribution < -0.4 is 10.1 Å². The van der Waals surface area contributed by atoms with Crippen molar-refractivity contribution in [1.29, 1.82) is 0 Å². The number of anilines is 1. The third-order valence-electron chi connectivity index (χ3n) is 4.86. The second kappa shape index (κ2) is 10.7. The summed E-state index contributed by atoms with van der Waals surface area (Å²) >= 11 is 0. The number of amides is 1. The standard InChI is InChI=1S/C26H30N2O3/c1-5-16-30-19(3)17-22-10-15-25(20(4)27-22)26(29)28-21-8-13-24(14-9-21)31-23-11-6-18(2)7-12-23/h6-15,19H,5,16-17H2,1-4H3,(H,28,29). The first-order chi connectivity index (χ1) is 14.9. The zero-order chi connectivity index (χ0) is 22.2. The van der Waals surface area contributed by atoms with Gasteiger partial charge in [-0.3, -0.25) is 9.78 Å². The molecule has 0 bridgehead atoms. The van der Waals surface area contributed by atoms with Gasteiger partial charge in [-0.25, -0.2) is 0 Å². The quantitative estimate of drug-likeness (QED) is 0.456. The van der Waals surface area contributed by atoms with Gasteiger partial charge in [-0.15, -0.1) is 0 Å². The molecule has 5 nitrogen and oxygen atoms in total. The maximum absolute atomic E-state index is 12.7. The summed E-state index contributed by atoms with van der Waals surface area (Å²) in [5, 5.41) is 2.93. The molecular weight excluding hydrogens is 388 g/mol. The van der Waals surface area contributed by atoms with Crippen molar-refractivity contribution in [2.24, 2.45) is 0 Å². The Hall–Kier alpha value is -3.18. The van der Waals surface area contributed by atoms with Gasteiger partial charge in [-0.2, -0.15) is 0 Å². The molecule has 162 valence electrons. The molecule has 0 aliphatic carbocycles. The fourth-order valence-corrected chi connectivity index (χ4v) is 3.19. The lowest BCUT2D eigenvalue weighted by atomic mass is 10.1. The molecule has 1 N–H and O–H groups in total. The van der Waals surface area contributed by atoms with Crippen molar-refractivity contribution in [2.75, 3.05) is 11.9 Å². The average molecular weight is 419 g/mol. The van der Waals surface area contributed by atoms with Crippen LogP contribution in [0.3, 0.4) is 0 Å². The van der Waals surface area contributed by atoms with Crippen molar-refractivity contribution >= 4 is 11.6 Å². The molecule has 0 aliphatic heterocycles. The molecule has 5 heteroatoms. The van der Waals surface area contributed by atoms with E-state index < -0.39 is 0 Å². The number of aromatic nitrogens is 1. The summed E-state index contributed by atoms with van der Waals surface area (Å²) in [6, 6.07) is 18.9. The molecule has 1 heterocycles. The molecule has 0 aliphatic rings. The molecular formula is C26H30N2O3. The van der Waals surface area contributed by atoms with E-state index in [4.69, 9.17) is 9.47 Å². The summed E-state index contributed by atoms with van der Waals surface area (Å²) in [5.74, 6) is 1.31. The molecule has 3 rings (SSSR count). The molecule has 1 unspecified atom stereocenters. The zero-order valence-corrected chi connectivity index (χ0v) is 18.6. The smallest absolute Gasteiger partial charge is 0.257 e. The van der Waals surface area contributed by atoms with Crippen LogP contribution in [-0.2, 0) is 11.2 Å². The van der Waals surface area contributed by atoms with Gasteiger partial charge in [0.25, 0.3) is 5.91 Å². The van der Waals surface area contributed by atoms with Crippen LogP contribution in [0.5, 0.6) is 11.5 Å². The van der Waals surface area contributed by atoms with Crippen LogP contribution in [0, 0.1) is 13.8 Å². The highest BCUT2D eigenvalue weighted by Crippen LogP contribution is 2.23. The summed E-state index contributed by atoms with van der Waals surface area (Å²) in [6.45, 7) is 8.77. The lowest BCUT2D eigenvalue weighted by molar-refractivity contribution is 0.0663. The Bertz CT molecular complexity index is 998. The largest absolute Gasteiger partial charge is 0.457 e. The van der Waals surface area contributed by atoms with Crippen LogP contribution in [0.15, 0.2) is 60.7 Å². The number of pyridine rings is 1. The molecule has 3 aromatic rings. The van der Waals surface area contributed by atoms with Crippen molar-refractivity contribution in [1.82, 2.24) is 4.98 Å². The van der Waals surface area contributed by atoms with Crippen LogP contribution in [0.2, 0.25) is 0 Å². The van der Waals surface area contributed by atoms with Crippen LogP contribution >= 0.6 is 0 Å². The van der Waals surface area contributed by atoms with E-state index in [2.05, 4.69) is 17.2 Å². The third kappa shape index (κ3) is 6.66. The van der Waals surface area contributed by atoms with Crippen LogP contribution in [-0.4, -0.2) is 23.6 Å². The second-order valence-corrected chi connectivity index (χ2v) is 7.71. The summed E-state index contributed by atoms with van der Waals surface area (Å²) in [4.78, 5) is 17.3. The van der Waals surface area contributed by atoms with E-state index in [1.54, 1.807) is 0 Å². The predicted molar refractivity (Wildman–Crippen MR) is 124 cm³/mol. The number of hydrogen-bond donors (Lipinski definition) is 1. The van der Waals surface area contributed by atoms with Crippen molar-refractivity contribution in [3.8, 4) is 11.5 Å². The van der Waals surface area contributed by atoms with E-state index >= 15 is 0 Å². The monoisotopic (exact) mass is 418 g/mol. The zero-order valence-electron chi connectivity index (χ0n) is 18.6. The fraction of sp³-hybridized carbons (Fsp3) is 0.308. The van der Waals surface area contributed by atoms with Gasteiger partial charge in [0.15, 0.2) is 0 Å². The minimum atomic E-state index is -0.181. The summed E-state index contributed by atoms with van der Waals surface area (Å²) in [7, 11) is 0. The maximum Gasteiger partial charge on any atom is 0.257 e. The van der Waals surface area contributed by atoms with Gasteiger partial charge in [0.05, 0.1) is 17.4 Å². The Kier molecular flexibility index (Phi) is 7.79. The topological polar surface area (TPSA) is 60.5 Å². The van der Waals surface area contributed by atoms with Gasteiger partial charge in [-0.05, 0) is 75.7 Å². The first-order valence-corrected chi connectivity index (χ1v) is 10.7. The first kappa shape index (κ1) is 22.5. The van der Waals surface area contributed by atoms with E-state index in [1.165, 1.54) is 5.56 Å². The van der Waals surface area contributed by atoms with Crippen LogP contribution in [0.4, 0.5) is 5.69 Å².